The van der Waals surface area contributed by atoms with Crippen LogP contribution < -0.4 is 5.73 Å². The van der Waals surface area contributed by atoms with Crippen LogP contribution in [0, 0.1) is 5.92 Å². The Kier molecular flexibility index (Phi) is 3.05. The molecule has 4 heteroatoms. The van der Waals surface area contributed by atoms with Crippen LogP contribution in [0.4, 0.5) is 5.82 Å². The summed E-state index contributed by atoms with van der Waals surface area (Å²) < 4.78 is 1.94. The topological polar surface area (TPSA) is 56.2 Å². The summed E-state index contributed by atoms with van der Waals surface area (Å²) in [7, 11) is 0. The summed E-state index contributed by atoms with van der Waals surface area (Å²) in [5, 5.41) is 4.32. The summed E-state index contributed by atoms with van der Waals surface area (Å²) in [6, 6.07) is 2.21. The number of fused-ring (bicyclic) bond motifs is 1. The van der Waals surface area contributed by atoms with Crippen molar-refractivity contribution >= 4 is 11.3 Å². The van der Waals surface area contributed by atoms with Crippen LogP contribution in [0.1, 0.15) is 44.9 Å². The van der Waals surface area contributed by atoms with E-state index >= 15 is 0 Å². The Hall–Kier alpha value is -1.58. The minimum Gasteiger partial charge on any atom is -0.382 e. The van der Waals surface area contributed by atoms with E-state index in [9.17, 15) is 0 Å². The van der Waals surface area contributed by atoms with Gasteiger partial charge in [0.05, 0.1) is 0 Å². The Labute approximate surface area is 102 Å². The molecule has 2 aromatic rings. The molecule has 0 fully saturated rings. The SMILES string of the molecule is CC(C)Cc1cc(C(C)C)c2c(N)ncnn12. The molecule has 0 spiro atoms. The van der Waals surface area contributed by atoms with Gasteiger partial charge in [0, 0.05) is 5.69 Å². The van der Waals surface area contributed by atoms with Crippen LogP contribution >= 0.6 is 0 Å². The second-order valence-corrected chi connectivity index (χ2v) is 5.25. The molecule has 2 aromatic heterocycles. The molecular formula is C13H20N4. The molecule has 2 heterocycles. The smallest absolute Gasteiger partial charge is 0.151 e. The first-order chi connectivity index (χ1) is 8.00. The maximum Gasteiger partial charge on any atom is 0.151 e. The zero-order valence-corrected chi connectivity index (χ0v) is 10.9. The standard InChI is InChI=1S/C13H20N4/c1-8(2)5-10-6-11(9(3)4)12-13(14)15-7-16-17(10)12/h6-9H,5H2,1-4H3,(H2,14,15,16). The van der Waals surface area contributed by atoms with Crippen LogP contribution in [0.25, 0.3) is 5.52 Å². The number of rotatable bonds is 3. The molecule has 0 aromatic carbocycles. The quantitative estimate of drug-likeness (QED) is 0.885. The van der Waals surface area contributed by atoms with E-state index in [0.29, 0.717) is 17.7 Å². The normalized spacial score (nSPS) is 11.9. The molecule has 2 rings (SSSR count). The summed E-state index contributed by atoms with van der Waals surface area (Å²) in [4.78, 5) is 4.09. The fraction of sp³-hybridized carbons (Fsp3) is 0.538. The highest BCUT2D eigenvalue weighted by atomic mass is 15.3. The van der Waals surface area contributed by atoms with Gasteiger partial charge in [-0.2, -0.15) is 5.10 Å². The number of nitrogens with zero attached hydrogens (tertiary/aromatic N) is 3. The highest BCUT2D eigenvalue weighted by Crippen LogP contribution is 2.27. The maximum atomic E-state index is 5.97. The lowest BCUT2D eigenvalue weighted by Gasteiger charge is -2.05. The predicted molar refractivity (Wildman–Crippen MR) is 70.0 cm³/mol. The van der Waals surface area contributed by atoms with E-state index in [-0.39, 0.29) is 0 Å². The van der Waals surface area contributed by atoms with Crippen molar-refractivity contribution in [3.05, 3.63) is 23.7 Å². The molecule has 0 saturated carbocycles. The van der Waals surface area contributed by atoms with Crippen LogP contribution in [0.5, 0.6) is 0 Å². The van der Waals surface area contributed by atoms with Gasteiger partial charge in [0.1, 0.15) is 11.8 Å². The van der Waals surface area contributed by atoms with Gasteiger partial charge in [-0.25, -0.2) is 9.50 Å². The predicted octanol–water partition coefficient (Wildman–Crippen LogP) is 2.63. The van der Waals surface area contributed by atoms with E-state index in [4.69, 9.17) is 5.73 Å². The highest BCUT2D eigenvalue weighted by molar-refractivity contribution is 5.71. The van der Waals surface area contributed by atoms with Gasteiger partial charge in [0.2, 0.25) is 0 Å². The molecule has 0 aliphatic rings. The number of hydrogen-bond donors (Lipinski definition) is 1. The minimum absolute atomic E-state index is 0.430. The van der Waals surface area contributed by atoms with Crippen LogP contribution in [0.2, 0.25) is 0 Å². The van der Waals surface area contributed by atoms with E-state index < -0.39 is 0 Å². The third kappa shape index (κ3) is 2.12. The van der Waals surface area contributed by atoms with Crippen molar-refractivity contribution in [2.24, 2.45) is 5.92 Å². The molecule has 0 atom stereocenters. The number of hydrogen-bond acceptors (Lipinski definition) is 3. The third-order valence-electron chi connectivity index (χ3n) is 2.93. The average molecular weight is 232 g/mol. The van der Waals surface area contributed by atoms with Crippen molar-refractivity contribution < 1.29 is 0 Å². The molecule has 0 radical (unpaired) electrons. The molecule has 0 bridgehead atoms. The molecule has 92 valence electrons. The second kappa shape index (κ2) is 4.35. The van der Waals surface area contributed by atoms with Crippen molar-refractivity contribution in [2.75, 3.05) is 5.73 Å². The Morgan fingerprint density at radius 2 is 2.00 bits per heavy atom. The van der Waals surface area contributed by atoms with Crippen LogP contribution in [0.3, 0.4) is 0 Å². The Morgan fingerprint density at radius 1 is 1.29 bits per heavy atom. The van der Waals surface area contributed by atoms with Gasteiger partial charge < -0.3 is 5.73 Å². The number of nitrogens with two attached hydrogens (primary N) is 1. The number of nitrogen functional groups attached to an aromatic ring is 1. The van der Waals surface area contributed by atoms with Gasteiger partial charge >= 0.3 is 0 Å². The van der Waals surface area contributed by atoms with Crippen molar-refractivity contribution in [2.45, 2.75) is 40.0 Å². The zero-order valence-electron chi connectivity index (χ0n) is 10.9. The molecule has 0 unspecified atom stereocenters. The summed E-state index contributed by atoms with van der Waals surface area (Å²) in [5.41, 5.74) is 9.39. The second-order valence-electron chi connectivity index (χ2n) is 5.25. The summed E-state index contributed by atoms with van der Waals surface area (Å²) in [6.45, 7) is 8.75. The van der Waals surface area contributed by atoms with E-state index in [1.807, 2.05) is 4.52 Å². The first kappa shape index (κ1) is 11.9. The molecular weight excluding hydrogens is 212 g/mol. The molecule has 2 N–H and O–H groups in total. The van der Waals surface area contributed by atoms with Gasteiger partial charge in [-0.15, -0.1) is 0 Å². The Balaban J connectivity index is 2.66. The van der Waals surface area contributed by atoms with Crippen LogP contribution in [0.15, 0.2) is 12.4 Å². The fourth-order valence-corrected chi connectivity index (χ4v) is 2.17. The first-order valence-corrected chi connectivity index (χ1v) is 6.11. The van der Waals surface area contributed by atoms with Crippen LogP contribution in [-0.2, 0) is 6.42 Å². The lowest BCUT2D eigenvalue weighted by atomic mass is 10.0. The van der Waals surface area contributed by atoms with Gasteiger partial charge in [0.25, 0.3) is 0 Å². The summed E-state index contributed by atoms with van der Waals surface area (Å²) in [6.07, 6.45) is 2.53. The molecule has 0 aliphatic heterocycles. The molecule has 0 amide bonds. The summed E-state index contributed by atoms with van der Waals surface area (Å²) >= 11 is 0. The van der Waals surface area contributed by atoms with Crippen molar-refractivity contribution in [3.8, 4) is 0 Å². The Bertz CT molecular complexity index is 525. The minimum atomic E-state index is 0.430. The lowest BCUT2D eigenvalue weighted by Crippen LogP contribution is -2.04. The number of anilines is 1. The first-order valence-electron chi connectivity index (χ1n) is 6.11. The maximum absolute atomic E-state index is 5.97. The average Bonchev–Trinajstić information content (AvgIpc) is 2.58. The zero-order chi connectivity index (χ0) is 12.6. The largest absolute Gasteiger partial charge is 0.382 e. The fourth-order valence-electron chi connectivity index (χ4n) is 2.17. The van der Waals surface area contributed by atoms with Gasteiger partial charge in [-0.3, -0.25) is 0 Å². The summed E-state index contributed by atoms with van der Waals surface area (Å²) in [5.74, 6) is 1.60. The molecule has 17 heavy (non-hydrogen) atoms. The van der Waals surface area contributed by atoms with Gasteiger partial charge in [-0.1, -0.05) is 27.7 Å². The Morgan fingerprint density at radius 3 is 2.59 bits per heavy atom. The molecule has 0 saturated heterocycles. The monoisotopic (exact) mass is 232 g/mol. The van der Waals surface area contributed by atoms with Gasteiger partial charge in [-0.05, 0) is 29.9 Å². The van der Waals surface area contributed by atoms with E-state index in [0.717, 1.165) is 11.9 Å². The number of aromatic nitrogens is 3. The van der Waals surface area contributed by atoms with Crippen molar-refractivity contribution in [1.29, 1.82) is 0 Å². The van der Waals surface area contributed by atoms with Crippen LogP contribution in [-0.4, -0.2) is 14.6 Å². The van der Waals surface area contributed by atoms with Crippen molar-refractivity contribution in [3.63, 3.8) is 0 Å². The van der Waals surface area contributed by atoms with E-state index in [2.05, 4.69) is 43.8 Å². The van der Waals surface area contributed by atoms with Gasteiger partial charge in [0.15, 0.2) is 5.82 Å². The molecule has 4 nitrogen and oxygen atoms in total. The van der Waals surface area contributed by atoms with E-state index in [1.165, 1.54) is 17.6 Å². The van der Waals surface area contributed by atoms with E-state index in [1.54, 1.807) is 0 Å². The van der Waals surface area contributed by atoms with Crippen molar-refractivity contribution in [1.82, 2.24) is 14.6 Å². The third-order valence-corrected chi connectivity index (χ3v) is 2.93. The lowest BCUT2D eigenvalue weighted by molar-refractivity contribution is 0.621. The molecule has 0 aliphatic carbocycles. The highest BCUT2D eigenvalue weighted by Gasteiger charge is 2.16.